The summed E-state index contributed by atoms with van der Waals surface area (Å²) in [4.78, 5) is 11.4. The number of ether oxygens (including phenoxy) is 1. The fourth-order valence-corrected chi connectivity index (χ4v) is 2.26. The first-order valence-corrected chi connectivity index (χ1v) is 8.67. The standard InChI is InChI=1S/C17H33BO2.V/c1-2-3-4-5-6-7-8-9-13-16-20-17(19)14-11-10-12-15-18;/h2-16H2,1H3;. The fourth-order valence-electron chi connectivity index (χ4n) is 2.26. The van der Waals surface area contributed by atoms with Crippen molar-refractivity contribution in [1.82, 2.24) is 0 Å². The van der Waals surface area contributed by atoms with Crippen molar-refractivity contribution in [1.29, 1.82) is 0 Å². The maximum atomic E-state index is 11.4. The van der Waals surface area contributed by atoms with E-state index in [1.54, 1.807) is 0 Å². The molecule has 0 heterocycles. The summed E-state index contributed by atoms with van der Waals surface area (Å²) in [5.74, 6) is -0.0402. The Morgan fingerprint density at radius 1 is 0.810 bits per heavy atom. The van der Waals surface area contributed by atoms with Crippen LogP contribution in [0.1, 0.15) is 90.4 Å². The Morgan fingerprint density at radius 3 is 1.90 bits per heavy atom. The number of esters is 1. The molecule has 0 saturated carbocycles. The maximum Gasteiger partial charge on any atom is 0.305 e. The van der Waals surface area contributed by atoms with Crippen LogP contribution in [0.4, 0.5) is 0 Å². The molecule has 0 aliphatic heterocycles. The molecule has 21 heavy (non-hydrogen) atoms. The van der Waals surface area contributed by atoms with Crippen LogP contribution in [0.2, 0.25) is 6.32 Å². The van der Waals surface area contributed by atoms with E-state index in [2.05, 4.69) is 6.92 Å². The smallest absolute Gasteiger partial charge is 0.305 e. The Hall–Kier alpha value is 0.119. The second-order valence-electron chi connectivity index (χ2n) is 5.65. The van der Waals surface area contributed by atoms with Gasteiger partial charge in [-0.2, -0.15) is 0 Å². The summed E-state index contributed by atoms with van der Waals surface area (Å²) in [7, 11) is 5.40. The third-order valence-electron chi connectivity index (χ3n) is 3.60. The molecule has 0 amide bonds. The molecule has 121 valence electrons. The van der Waals surface area contributed by atoms with Crippen molar-refractivity contribution in [3.05, 3.63) is 0 Å². The third kappa shape index (κ3) is 20.1. The zero-order chi connectivity index (χ0) is 14.9. The number of carbonyl (C=O) groups is 1. The van der Waals surface area contributed by atoms with E-state index in [0.717, 1.165) is 25.7 Å². The molecule has 2 nitrogen and oxygen atoms in total. The Morgan fingerprint density at radius 2 is 1.33 bits per heavy atom. The van der Waals surface area contributed by atoms with Crippen LogP contribution >= 0.6 is 0 Å². The van der Waals surface area contributed by atoms with Gasteiger partial charge in [-0.3, -0.25) is 4.79 Å². The molecule has 0 aliphatic rings. The van der Waals surface area contributed by atoms with E-state index in [9.17, 15) is 4.79 Å². The Kier molecular flexibility index (Phi) is 22.4. The minimum atomic E-state index is -0.0402. The summed E-state index contributed by atoms with van der Waals surface area (Å²) in [6.07, 6.45) is 15.9. The molecule has 0 rings (SSSR count). The normalized spacial score (nSPS) is 10.1. The van der Waals surface area contributed by atoms with E-state index in [1.807, 2.05) is 0 Å². The quantitative estimate of drug-likeness (QED) is 0.234. The predicted octanol–water partition coefficient (Wildman–Crippen LogP) is 5.21. The van der Waals surface area contributed by atoms with Crippen molar-refractivity contribution in [2.24, 2.45) is 0 Å². The van der Waals surface area contributed by atoms with Crippen LogP contribution in [0.25, 0.3) is 0 Å². The Labute approximate surface area is 145 Å². The monoisotopic (exact) mass is 331 g/mol. The zero-order valence-corrected chi connectivity index (χ0v) is 15.3. The van der Waals surface area contributed by atoms with Crippen LogP contribution in [0.5, 0.6) is 0 Å². The van der Waals surface area contributed by atoms with E-state index in [4.69, 9.17) is 12.6 Å². The van der Waals surface area contributed by atoms with E-state index in [0.29, 0.717) is 19.3 Å². The summed E-state index contributed by atoms with van der Waals surface area (Å²) < 4.78 is 5.21. The van der Waals surface area contributed by atoms with Gasteiger partial charge in [0, 0.05) is 25.0 Å². The average Bonchev–Trinajstić information content (AvgIpc) is 2.45. The summed E-state index contributed by atoms with van der Waals surface area (Å²) in [6.45, 7) is 2.85. The molecule has 0 atom stereocenters. The molecular formula is C17H33BO2V. The largest absolute Gasteiger partial charge is 0.466 e. The number of carbonyl (C=O) groups excluding carboxylic acids is 1. The molecule has 0 unspecified atom stereocenters. The van der Waals surface area contributed by atoms with Crippen LogP contribution in [0.15, 0.2) is 0 Å². The minimum Gasteiger partial charge on any atom is -0.466 e. The fraction of sp³-hybridized carbons (Fsp3) is 0.941. The van der Waals surface area contributed by atoms with Crippen molar-refractivity contribution in [3.8, 4) is 0 Å². The molecule has 0 aromatic rings. The van der Waals surface area contributed by atoms with Gasteiger partial charge in [0.1, 0.15) is 0 Å². The number of rotatable bonds is 15. The molecule has 4 heteroatoms. The van der Waals surface area contributed by atoms with E-state index in [-0.39, 0.29) is 24.5 Å². The molecule has 0 aliphatic carbocycles. The number of unbranched alkanes of at least 4 members (excludes halogenated alkanes) is 10. The van der Waals surface area contributed by atoms with Crippen LogP contribution in [-0.2, 0) is 28.1 Å². The van der Waals surface area contributed by atoms with E-state index < -0.39 is 0 Å². The first kappa shape index (κ1) is 23.4. The van der Waals surface area contributed by atoms with Gasteiger partial charge in [-0.15, -0.1) is 0 Å². The summed E-state index contributed by atoms with van der Waals surface area (Å²) in [5.41, 5.74) is 0. The first-order chi connectivity index (χ1) is 9.81. The van der Waals surface area contributed by atoms with Crippen molar-refractivity contribution < 1.29 is 28.1 Å². The maximum absolute atomic E-state index is 11.4. The number of hydrogen-bond acceptors (Lipinski definition) is 2. The Bertz CT molecular complexity index is 213. The van der Waals surface area contributed by atoms with Crippen molar-refractivity contribution in [3.63, 3.8) is 0 Å². The molecule has 0 aromatic carbocycles. The molecule has 0 N–H and O–H groups in total. The summed E-state index contributed by atoms with van der Waals surface area (Å²) in [6, 6.07) is 0. The van der Waals surface area contributed by atoms with Gasteiger partial charge in [0.15, 0.2) is 0 Å². The van der Waals surface area contributed by atoms with Crippen LogP contribution in [-0.4, -0.2) is 20.4 Å². The summed E-state index contributed by atoms with van der Waals surface area (Å²) >= 11 is 0. The van der Waals surface area contributed by atoms with Gasteiger partial charge >= 0.3 is 5.97 Å². The molecule has 0 spiro atoms. The molecule has 0 saturated heterocycles. The van der Waals surface area contributed by atoms with Gasteiger partial charge in [0.25, 0.3) is 0 Å². The molecule has 3 radical (unpaired) electrons. The average molecular weight is 331 g/mol. The number of hydrogen-bond donors (Lipinski definition) is 0. The van der Waals surface area contributed by atoms with Gasteiger partial charge < -0.3 is 4.74 Å². The second kappa shape index (κ2) is 20.1. The SMILES string of the molecule is [B]CCCCCC(=O)OCCCCCCCCCCC.[V]. The van der Waals surface area contributed by atoms with E-state index in [1.165, 1.54) is 51.4 Å². The molecule has 0 fully saturated rings. The molecular weight excluding hydrogens is 298 g/mol. The van der Waals surface area contributed by atoms with Gasteiger partial charge in [0.05, 0.1) is 14.5 Å². The minimum absolute atomic E-state index is 0. The second-order valence-corrected chi connectivity index (χ2v) is 5.65. The molecule has 0 aromatic heterocycles. The van der Waals surface area contributed by atoms with Crippen LogP contribution in [0, 0.1) is 0 Å². The Balaban J connectivity index is 0. The van der Waals surface area contributed by atoms with Crippen LogP contribution in [0.3, 0.4) is 0 Å². The van der Waals surface area contributed by atoms with Gasteiger partial charge in [-0.05, 0) is 12.8 Å². The molecule has 0 bridgehead atoms. The summed E-state index contributed by atoms with van der Waals surface area (Å²) in [5, 5.41) is 0. The van der Waals surface area contributed by atoms with Crippen molar-refractivity contribution >= 4 is 13.8 Å². The first-order valence-electron chi connectivity index (χ1n) is 8.67. The van der Waals surface area contributed by atoms with Crippen molar-refractivity contribution in [2.75, 3.05) is 6.61 Å². The van der Waals surface area contributed by atoms with Gasteiger partial charge in [-0.1, -0.05) is 77.5 Å². The van der Waals surface area contributed by atoms with Crippen LogP contribution < -0.4 is 0 Å². The van der Waals surface area contributed by atoms with Gasteiger partial charge in [0.2, 0.25) is 0 Å². The zero-order valence-electron chi connectivity index (χ0n) is 13.9. The van der Waals surface area contributed by atoms with Gasteiger partial charge in [-0.25, -0.2) is 0 Å². The topological polar surface area (TPSA) is 26.3 Å². The van der Waals surface area contributed by atoms with Crippen molar-refractivity contribution in [2.45, 2.75) is 96.7 Å². The third-order valence-corrected chi connectivity index (χ3v) is 3.60. The predicted molar refractivity (Wildman–Crippen MR) is 87.2 cm³/mol. The van der Waals surface area contributed by atoms with E-state index >= 15 is 0 Å².